The Morgan fingerprint density at radius 3 is 2.68 bits per heavy atom. The van der Waals surface area contributed by atoms with Crippen LogP contribution in [0.15, 0.2) is 41.5 Å². The summed E-state index contributed by atoms with van der Waals surface area (Å²) in [5, 5.41) is 7.61. The Balaban J connectivity index is 1.52. The van der Waals surface area contributed by atoms with Crippen molar-refractivity contribution in [3.8, 4) is 11.3 Å². The molecule has 2 heterocycles. The maximum Gasteiger partial charge on any atom is 0.276 e. The van der Waals surface area contributed by atoms with Gasteiger partial charge in [0.1, 0.15) is 5.52 Å². The zero-order valence-corrected chi connectivity index (χ0v) is 16.4. The van der Waals surface area contributed by atoms with E-state index in [1.165, 1.54) is 24.0 Å². The van der Waals surface area contributed by atoms with Crippen LogP contribution < -0.4 is 10.9 Å². The lowest BCUT2D eigenvalue weighted by atomic mass is 10.0. The number of benzene rings is 1. The van der Waals surface area contributed by atoms with Crippen molar-refractivity contribution in [2.75, 3.05) is 0 Å². The number of aromatic nitrogens is 3. The molecule has 6 heteroatoms. The number of rotatable bonds is 5. The van der Waals surface area contributed by atoms with E-state index >= 15 is 0 Å². The van der Waals surface area contributed by atoms with Crippen molar-refractivity contribution < 1.29 is 4.79 Å². The zero-order valence-electron chi connectivity index (χ0n) is 16.4. The summed E-state index contributed by atoms with van der Waals surface area (Å²) in [5.41, 5.74) is 4.59. The van der Waals surface area contributed by atoms with Crippen LogP contribution in [0, 0.1) is 13.8 Å². The van der Waals surface area contributed by atoms with E-state index in [0.29, 0.717) is 24.5 Å². The highest BCUT2D eigenvalue weighted by Crippen LogP contribution is 2.21. The molecular weight excluding hydrogens is 352 g/mol. The number of hydrogen-bond donors (Lipinski definition) is 1. The van der Waals surface area contributed by atoms with Crippen LogP contribution >= 0.6 is 0 Å². The van der Waals surface area contributed by atoms with Crippen molar-refractivity contribution >= 4 is 11.4 Å². The minimum absolute atomic E-state index is 0.0167. The predicted molar refractivity (Wildman–Crippen MR) is 109 cm³/mol. The Morgan fingerprint density at radius 1 is 1.14 bits per heavy atom. The van der Waals surface area contributed by atoms with Crippen LogP contribution in [0.4, 0.5) is 0 Å². The SMILES string of the molecule is Cc1ccc(-c2cc3c(=O)n(CCC(=O)NC4CCCC4)ccn3n2)cc1C. The highest BCUT2D eigenvalue weighted by Gasteiger charge is 2.17. The topological polar surface area (TPSA) is 68.4 Å². The van der Waals surface area contributed by atoms with Gasteiger partial charge in [-0.25, -0.2) is 4.52 Å². The number of fused-ring (bicyclic) bond motifs is 1. The number of carbonyl (C=O) groups is 1. The molecule has 1 amide bonds. The zero-order chi connectivity index (χ0) is 19.7. The molecule has 6 nitrogen and oxygen atoms in total. The van der Waals surface area contributed by atoms with Crippen LogP contribution in [-0.2, 0) is 11.3 Å². The van der Waals surface area contributed by atoms with Crippen molar-refractivity contribution in [2.24, 2.45) is 0 Å². The second kappa shape index (κ2) is 7.62. The molecule has 1 aliphatic rings. The summed E-state index contributed by atoms with van der Waals surface area (Å²) in [4.78, 5) is 25.0. The van der Waals surface area contributed by atoms with Gasteiger partial charge in [0.25, 0.3) is 5.56 Å². The lowest BCUT2D eigenvalue weighted by Crippen LogP contribution is -2.34. The van der Waals surface area contributed by atoms with Crippen molar-refractivity contribution in [3.05, 3.63) is 58.1 Å². The van der Waals surface area contributed by atoms with E-state index in [0.717, 1.165) is 24.1 Å². The summed E-state index contributed by atoms with van der Waals surface area (Å²) < 4.78 is 3.21. The van der Waals surface area contributed by atoms with Gasteiger partial charge in [0, 0.05) is 37.0 Å². The van der Waals surface area contributed by atoms with E-state index in [1.807, 2.05) is 12.1 Å². The van der Waals surface area contributed by atoms with E-state index in [2.05, 4.69) is 36.4 Å². The van der Waals surface area contributed by atoms with Crippen LogP contribution in [0.25, 0.3) is 16.8 Å². The average Bonchev–Trinajstić information content (AvgIpc) is 3.33. The van der Waals surface area contributed by atoms with E-state index in [9.17, 15) is 9.59 Å². The van der Waals surface area contributed by atoms with Crippen molar-refractivity contribution in [3.63, 3.8) is 0 Å². The number of nitrogens with zero attached hydrogens (tertiary/aromatic N) is 3. The van der Waals surface area contributed by atoms with Crippen LogP contribution in [0.1, 0.15) is 43.2 Å². The summed E-state index contributed by atoms with van der Waals surface area (Å²) in [6, 6.07) is 8.30. The molecule has 1 aromatic carbocycles. The first-order valence-corrected chi connectivity index (χ1v) is 9.97. The molecular formula is C22H26N4O2. The first kappa shape index (κ1) is 18.5. The van der Waals surface area contributed by atoms with Gasteiger partial charge < -0.3 is 9.88 Å². The fourth-order valence-electron chi connectivity index (χ4n) is 3.84. The van der Waals surface area contributed by atoms with Gasteiger partial charge in [0.2, 0.25) is 5.91 Å². The van der Waals surface area contributed by atoms with Crippen molar-refractivity contribution in [1.29, 1.82) is 0 Å². The van der Waals surface area contributed by atoms with Gasteiger partial charge in [-0.1, -0.05) is 25.0 Å². The fourth-order valence-corrected chi connectivity index (χ4v) is 3.84. The fraction of sp³-hybridized carbons (Fsp3) is 0.409. The Bertz CT molecular complexity index is 1070. The van der Waals surface area contributed by atoms with Crippen molar-refractivity contribution in [2.45, 2.75) is 58.5 Å². The first-order chi connectivity index (χ1) is 13.5. The second-order valence-corrected chi connectivity index (χ2v) is 7.75. The van der Waals surface area contributed by atoms with Gasteiger partial charge in [-0.2, -0.15) is 5.10 Å². The minimum atomic E-state index is -0.126. The maximum atomic E-state index is 12.8. The molecule has 0 radical (unpaired) electrons. The number of aryl methyl sites for hydroxylation is 3. The highest BCUT2D eigenvalue weighted by molar-refractivity contribution is 5.76. The molecule has 0 bridgehead atoms. The van der Waals surface area contributed by atoms with Gasteiger partial charge in [-0.05, 0) is 49.9 Å². The third kappa shape index (κ3) is 3.72. The average molecular weight is 378 g/mol. The molecule has 0 atom stereocenters. The quantitative estimate of drug-likeness (QED) is 0.741. The Labute approximate surface area is 164 Å². The summed E-state index contributed by atoms with van der Waals surface area (Å²) in [6.45, 7) is 4.51. The molecule has 2 aromatic heterocycles. The molecule has 1 fully saturated rings. The summed E-state index contributed by atoms with van der Waals surface area (Å²) in [5.74, 6) is 0.0167. The first-order valence-electron chi connectivity index (χ1n) is 9.97. The minimum Gasteiger partial charge on any atom is -0.353 e. The Kier molecular flexibility index (Phi) is 5.03. The molecule has 0 spiro atoms. The molecule has 0 saturated heterocycles. The summed E-state index contributed by atoms with van der Waals surface area (Å²) in [6.07, 6.45) is 8.29. The normalized spacial score (nSPS) is 14.6. The van der Waals surface area contributed by atoms with Crippen LogP contribution in [-0.4, -0.2) is 26.1 Å². The van der Waals surface area contributed by atoms with E-state index in [4.69, 9.17) is 0 Å². The lowest BCUT2D eigenvalue weighted by molar-refractivity contribution is -0.122. The number of amides is 1. The molecule has 0 aliphatic heterocycles. The van der Waals surface area contributed by atoms with E-state index < -0.39 is 0 Å². The van der Waals surface area contributed by atoms with Crippen LogP contribution in [0.3, 0.4) is 0 Å². The second-order valence-electron chi connectivity index (χ2n) is 7.75. The Hall–Kier alpha value is -2.89. The van der Waals surface area contributed by atoms with Gasteiger partial charge in [0.05, 0.1) is 5.69 Å². The smallest absolute Gasteiger partial charge is 0.276 e. The standard InChI is InChI=1S/C22H26N4O2/c1-15-7-8-17(13-16(15)2)19-14-20-22(28)25(11-12-26(20)24-19)10-9-21(27)23-18-5-3-4-6-18/h7-8,11-14,18H,3-6,9-10H2,1-2H3,(H,23,27). The Morgan fingerprint density at radius 2 is 1.93 bits per heavy atom. The molecule has 1 saturated carbocycles. The molecule has 0 unspecified atom stereocenters. The van der Waals surface area contributed by atoms with Crippen LogP contribution in [0.5, 0.6) is 0 Å². The predicted octanol–water partition coefficient (Wildman–Crippen LogP) is 3.23. The molecule has 3 aromatic rings. The molecule has 146 valence electrons. The van der Waals surface area contributed by atoms with Gasteiger partial charge >= 0.3 is 0 Å². The highest BCUT2D eigenvalue weighted by atomic mass is 16.2. The molecule has 1 aliphatic carbocycles. The van der Waals surface area contributed by atoms with Gasteiger partial charge in [0.15, 0.2) is 0 Å². The largest absolute Gasteiger partial charge is 0.353 e. The number of carbonyl (C=O) groups excluding carboxylic acids is 1. The maximum absolute atomic E-state index is 12.8. The summed E-state index contributed by atoms with van der Waals surface area (Å²) in [7, 11) is 0. The molecule has 4 rings (SSSR count). The van der Waals surface area contributed by atoms with E-state index in [-0.39, 0.29) is 11.5 Å². The van der Waals surface area contributed by atoms with Crippen LogP contribution in [0.2, 0.25) is 0 Å². The van der Waals surface area contributed by atoms with Gasteiger partial charge in [-0.3, -0.25) is 9.59 Å². The third-order valence-electron chi connectivity index (χ3n) is 5.71. The van der Waals surface area contributed by atoms with E-state index in [1.54, 1.807) is 21.5 Å². The van der Waals surface area contributed by atoms with Crippen molar-refractivity contribution in [1.82, 2.24) is 19.5 Å². The van der Waals surface area contributed by atoms with Gasteiger partial charge in [-0.15, -0.1) is 0 Å². The number of nitrogens with one attached hydrogen (secondary N) is 1. The third-order valence-corrected chi connectivity index (χ3v) is 5.71. The summed E-state index contributed by atoms with van der Waals surface area (Å²) >= 11 is 0. The molecule has 28 heavy (non-hydrogen) atoms. The lowest BCUT2D eigenvalue weighted by Gasteiger charge is -2.12. The molecule has 1 N–H and O–H groups in total. The monoisotopic (exact) mass is 378 g/mol. The number of hydrogen-bond acceptors (Lipinski definition) is 3.